The molecule has 18 heteroatoms. The fourth-order valence-electron chi connectivity index (χ4n) is 10.1. The van der Waals surface area contributed by atoms with E-state index < -0.39 is 91.5 Å². The maximum absolute atomic E-state index is 13.0. The summed E-state index contributed by atoms with van der Waals surface area (Å²) in [5.74, 6) is -1.64. The maximum atomic E-state index is 13.0. The van der Waals surface area contributed by atoms with Crippen LogP contribution in [0.25, 0.3) is 0 Å². The number of unbranched alkanes of at least 4 members (excludes halogenated alkanes) is 21. The molecular formula is C87H142O16P2. The Kier molecular flexibility index (Phi) is 74.3. The van der Waals surface area contributed by atoms with E-state index >= 15 is 0 Å². The lowest BCUT2D eigenvalue weighted by atomic mass is 10.0. The molecule has 0 aromatic carbocycles. The zero-order valence-electron chi connectivity index (χ0n) is 65.1. The number of aliphatic hydroxyl groups is 2. The average Bonchev–Trinajstić information content (AvgIpc) is 0.917. The van der Waals surface area contributed by atoms with E-state index in [2.05, 4.69) is 203 Å². The Hall–Kier alpha value is -5.35. The van der Waals surface area contributed by atoms with Crippen LogP contribution in [-0.2, 0) is 55.8 Å². The monoisotopic (exact) mass is 1500 g/mol. The van der Waals surface area contributed by atoms with E-state index in [1.54, 1.807) is 0 Å². The van der Waals surface area contributed by atoms with Crippen molar-refractivity contribution in [2.75, 3.05) is 39.6 Å². The van der Waals surface area contributed by atoms with Gasteiger partial charge in [0.05, 0.1) is 26.4 Å². The summed E-state index contributed by atoms with van der Waals surface area (Å²) in [6.07, 6.45) is 101. The third kappa shape index (κ3) is 79.5. The highest BCUT2D eigenvalue weighted by atomic mass is 31.2. The van der Waals surface area contributed by atoms with Crippen LogP contribution in [-0.4, -0.2) is 95.9 Å². The summed E-state index contributed by atoms with van der Waals surface area (Å²) in [6, 6.07) is 0. The minimum absolute atomic E-state index is 0.0655. The predicted octanol–water partition coefficient (Wildman–Crippen LogP) is 23.8. The summed E-state index contributed by atoms with van der Waals surface area (Å²) in [7, 11) is -9.82. The fraction of sp³-hybridized carbons (Fsp3) is 0.621. The van der Waals surface area contributed by atoms with Gasteiger partial charge in [-0.25, -0.2) is 9.13 Å². The number of phosphoric acid groups is 2. The first-order valence-electron chi connectivity index (χ1n) is 40.1. The lowest BCUT2D eigenvalue weighted by molar-refractivity contribution is -0.161. The van der Waals surface area contributed by atoms with Crippen LogP contribution >= 0.6 is 15.6 Å². The first kappa shape index (κ1) is 99.7. The molecule has 0 saturated carbocycles. The first-order chi connectivity index (χ1) is 51.2. The molecule has 16 nitrogen and oxygen atoms in total. The summed E-state index contributed by atoms with van der Waals surface area (Å²) in [4.78, 5) is 58.7. The minimum atomic E-state index is -4.95. The molecule has 0 spiro atoms. The van der Waals surface area contributed by atoms with Gasteiger partial charge in [0, 0.05) is 19.3 Å². The number of esters is 3. The van der Waals surface area contributed by atoms with Gasteiger partial charge in [-0.1, -0.05) is 299 Å². The van der Waals surface area contributed by atoms with Crippen LogP contribution < -0.4 is 0 Å². The molecule has 5 atom stereocenters. The molecule has 0 fully saturated rings. The van der Waals surface area contributed by atoms with Crippen LogP contribution in [0.4, 0.5) is 0 Å². The highest BCUT2D eigenvalue weighted by Gasteiger charge is 2.29. The number of carbonyl (C=O) groups is 3. The Balaban J connectivity index is 4.59. The SMILES string of the molecule is CC/C=C\C/C=C\C/C=C\C/C=C\C/C=C\C/C=C\CCCCCCCCCCCCCCC(=O)OCC(O)COP(=O)(O)OCC(O)COP(=O)(O)OCC(COC(=O)CCCCCCC/C=C\C/C=C\C/C=C\C/C=C\C/C=C\CC)OC(=O)CCCCCC/C=C\C/C=C\C/C=C\C/C=C\CC. The molecule has 105 heavy (non-hydrogen) atoms. The van der Waals surface area contributed by atoms with E-state index in [9.17, 15) is 43.5 Å². The van der Waals surface area contributed by atoms with Crippen LogP contribution in [0, 0.1) is 0 Å². The Morgan fingerprint density at radius 3 is 0.752 bits per heavy atom. The van der Waals surface area contributed by atoms with Crippen LogP contribution in [0.2, 0.25) is 0 Å². The molecule has 0 bridgehead atoms. The molecule has 0 aromatic heterocycles. The highest BCUT2D eigenvalue weighted by molar-refractivity contribution is 7.47. The van der Waals surface area contributed by atoms with Crippen molar-refractivity contribution in [2.45, 2.75) is 309 Å². The smallest absolute Gasteiger partial charge is 0.463 e. The van der Waals surface area contributed by atoms with Gasteiger partial charge in [0.25, 0.3) is 0 Å². The summed E-state index contributed by atoms with van der Waals surface area (Å²) in [6.45, 7) is 2.27. The molecule has 0 radical (unpaired) electrons. The number of hydrogen-bond acceptors (Lipinski definition) is 14. The summed E-state index contributed by atoms with van der Waals surface area (Å²) in [5.41, 5.74) is 0. The molecule has 0 saturated heterocycles. The lowest BCUT2D eigenvalue weighted by Gasteiger charge is -2.21. The van der Waals surface area contributed by atoms with E-state index in [4.69, 9.17) is 32.3 Å². The zero-order chi connectivity index (χ0) is 76.6. The zero-order valence-corrected chi connectivity index (χ0v) is 66.9. The topological polar surface area (TPSA) is 231 Å². The lowest BCUT2D eigenvalue weighted by Crippen LogP contribution is -2.30. The number of aliphatic hydroxyl groups excluding tert-OH is 2. The van der Waals surface area contributed by atoms with Crippen molar-refractivity contribution in [1.29, 1.82) is 0 Å². The van der Waals surface area contributed by atoms with Crippen LogP contribution in [0.5, 0.6) is 0 Å². The van der Waals surface area contributed by atoms with Crippen LogP contribution in [0.3, 0.4) is 0 Å². The molecule has 0 aromatic rings. The van der Waals surface area contributed by atoms with Crippen molar-refractivity contribution in [1.82, 2.24) is 0 Å². The largest absolute Gasteiger partial charge is 0.472 e. The Labute approximate surface area is 636 Å². The third-order valence-electron chi connectivity index (χ3n) is 16.1. The van der Waals surface area contributed by atoms with Crippen molar-refractivity contribution in [3.05, 3.63) is 182 Å². The minimum Gasteiger partial charge on any atom is -0.463 e. The molecule has 0 aliphatic rings. The highest BCUT2D eigenvalue weighted by Crippen LogP contribution is 2.45. The van der Waals surface area contributed by atoms with Gasteiger partial charge in [0.15, 0.2) is 6.10 Å². The molecule has 0 aliphatic heterocycles. The fourth-order valence-corrected chi connectivity index (χ4v) is 11.7. The van der Waals surface area contributed by atoms with Gasteiger partial charge in [-0.3, -0.25) is 32.5 Å². The normalized spacial score (nSPS) is 14.9. The second kappa shape index (κ2) is 78.2. The molecule has 0 rings (SSSR count). The average molecular weight is 1510 g/mol. The number of rotatable bonds is 74. The second-order valence-electron chi connectivity index (χ2n) is 26.1. The van der Waals surface area contributed by atoms with Crippen molar-refractivity contribution >= 4 is 33.6 Å². The van der Waals surface area contributed by atoms with Crippen molar-refractivity contribution in [3.63, 3.8) is 0 Å². The van der Waals surface area contributed by atoms with Crippen LogP contribution in [0.1, 0.15) is 290 Å². The molecule has 596 valence electrons. The second-order valence-corrected chi connectivity index (χ2v) is 29.0. The molecule has 4 N–H and O–H groups in total. The van der Waals surface area contributed by atoms with Gasteiger partial charge in [-0.2, -0.15) is 0 Å². The first-order valence-corrected chi connectivity index (χ1v) is 43.1. The number of hydrogen-bond donors (Lipinski definition) is 4. The Morgan fingerprint density at radius 2 is 0.476 bits per heavy atom. The standard InChI is InChI=1S/C87H142O16P2/c1-4-7-10-13-16-19-22-25-28-31-33-35-36-37-38-39-40-41-42-43-44-46-48-50-52-55-58-61-64-67-70-73-85(90)97-76-82(88)77-99-104(93,94)100-78-83(89)79-101-105(95,96)102-81-84(103-87(92)75-72-69-66-63-60-57-54-49-30-27-24-21-18-15-12-9-6-3)80-98-86(91)74-71-68-65-62-59-56-53-51-47-45-34-32-29-26-23-20-17-14-11-8-5-2/h7-12,16-21,25-30,33-35,37-38,40-41,45,51,53-54,57,82-84,88-89H,4-6,13-15,22-24,31-32,36,39,42-44,46-50,52,55-56,58-81H2,1-3H3,(H,93,94)(H,95,96)/b10-7-,11-8-,12-9-,19-16-,20-17-,21-18-,28-25-,29-26-,30-27-,35-33-,38-37-,41-40-,45-34-,53-51-,57-54-. The van der Waals surface area contributed by atoms with E-state index in [-0.39, 0.29) is 19.3 Å². The van der Waals surface area contributed by atoms with Crippen molar-refractivity contribution in [3.8, 4) is 0 Å². The maximum Gasteiger partial charge on any atom is 0.472 e. The molecule has 5 unspecified atom stereocenters. The van der Waals surface area contributed by atoms with Crippen LogP contribution in [0.15, 0.2) is 182 Å². The van der Waals surface area contributed by atoms with Gasteiger partial charge in [-0.15, -0.1) is 0 Å². The Morgan fingerprint density at radius 1 is 0.267 bits per heavy atom. The van der Waals surface area contributed by atoms with E-state index in [1.807, 2.05) is 0 Å². The number of phosphoric ester groups is 2. The third-order valence-corrected chi connectivity index (χ3v) is 18.0. The molecule has 0 aliphatic carbocycles. The van der Waals surface area contributed by atoms with Crippen molar-refractivity contribution < 1.29 is 75.8 Å². The van der Waals surface area contributed by atoms with Crippen molar-refractivity contribution in [2.24, 2.45) is 0 Å². The number of allylic oxidation sites excluding steroid dienone is 30. The molecule has 0 amide bonds. The summed E-state index contributed by atoms with van der Waals surface area (Å²) < 4.78 is 61.1. The van der Waals surface area contributed by atoms with Gasteiger partial charge in [-0.05, 0) is 154 Å². The molecule has 0 heterocycles. The van der Waals surface area contributed by atoms with Gasteiger partial charge >= 0.3 is 33.6 Å². The summed E-state index contributed by atoms with van der Waals surface area (Å²) in [5, 5.41) is 20.7. The van der Waals surface area contributed by atoms with E-state index in [0.717, 1.165) is 180 Å². The van der Waals surface area contributed by atoms with E-state index in [1.165, 1.54) is 51.4 Å². The summed E-state index contributed by atoms with van der Waals surface area (Å²) >= 11 is 0. The van der Waals surface area contributed by atoms with Gasteiger partial charge in [0.1, 0.15) is 25.4 Å². The van der Waals surface area contributed by atoms with Gasteiger partial charge in [0.2, 0.25) is 0 Å². The van der Waals surface area contributed by atoms with Gasteiger partial charge < -0.3 is 34.2 Å². The quantitative estimate of drug-likeness (QED) is 0.0146. The number of ether oxygens (including phenoxy) is 3. The molecular weight excluding hydrogens is 1360 g/mol. The number of carbonyl (C=O) groups excluding carboxylic acids is 3. The Bertz CT molecular complexity index is 2640. The predicted molar refractivity (Wildman–Crippen MR) is 435 cm³/mol. The van der Waals surface area contributed by atoms with E-state index in [0.29, 0.717) is 19.3 Å².